The fourth-order valence-electron chi connectivity index (χ4n) is 5.01. The molecule has 2 aromatic heterocycles. The van der Waals surface area contributed by atoms with Crippen LogP contribution in [0.1, 0.15) is 46.7 Å². The molecular weight excluding hydrogens is 514 g/mol. The van der Waals surface area contributed by atoms with Gasteiger partial charge < -0.3 is 10.2 Å². The molecule has 0 spiro atoms. The zero-order chi connectivity index (χ0) is 27.9. The van der Waals surface area contributed by atoms with Gasteiger partial charge in [0, 0.05) is 30.7 Å². The summed E-state index contributed by atoms with van der Waals surface area (Å²) < 4.78 is 53.5. The Kier molecular flexibility index (Phi) is 6.58. The van der Waals surface area contributed by atoms with Gasteiger partial charge in [0.05, 0.1) is 6.07 Å². The third-order valence-corrected chi connectivity index (χ3v) is 7.11. The molecule has 0 bridgehead atoms. The van der Waals surface area contributed by atoms with E-state index in [1.807, 2.05) is 0 Å². The first-order valence-electron chi connectivity index (χ1n) is 12.3. The quantitative estimate of drug-likeness (QED) is 0.436. The van der Waals surface area contributed by atoms with Gasteiger partial charge in [0.2, 0.25) is 5.91 Å². The van der Waals surface area contributed by atoms with Crippen LogP contribution in [0.25, 0.3) is 11.1 Å². The maximum absolute atomic E-state index is 14.3. The number of aromatic nitrogens is 2. The molecule has 39 heavy (non-hydrogen) atoms. The highest BCUT2D eigenvalue weighted by molar-refractivity contribution is 6.03. The molecule has 2 aliphatic rings. The number of carbonyl (C=O) groups is 2. The fraction of sp³-hybridized carbons (Fsp3) is 0.321. The molecule has 1 saturated heterocycles. The lowest BCUT2D eigenvalue weighted by molar-refractivity contribution is -0.141. The zero-order valence-corrected chi connectivity index (χ0v) is 20.8. The minimum Gasteiger partial charge on any atom is -0.347 e. The number of halogens is 4. The van der Waals surface area contributed by atoms with Gasteiger partial charge in [0.1, 0.15) is 22.6 Å². The van der Waals surface area contributed by atoms with E-state index in [0.717, 1.165) is 31.2 Å². The SMILES string of the molecule is Cc1cc(N2CC[C@@](C#N)(C3CC3)C2=O)cc(C(=O)NCc2cc(F)cc(-c3ccnc(C(F)(F)F)c3)c2)n1. The molecule has 5 rings (SSSR count). The van der Waals surface area contributed by atoms with Crippen molar-refractivity contribution in [3.8, 4) is 17.2 Å². The fourth-order valence-corrected chi connectivity index (χ4v) is 5.01. The van der Waals surface area contributed by atoms with Gasteiger partial charge in [-0.2, -0.15) is 18.4 Å². The van der Waals surface area contributed by atoms with E-state index >= 15 is 0 Å². The van der Waals surface area contributed by atoms with Crippen molar-refractivity contribution in [2.24, 2.45) is 11.3 Å². The number of carbonyl (C=O) groups excluding carboxylic acids is 2. The number of rotatable bonds is 6. The molecule has 3 heterocycles. The van der Waals surface area contributed by atoms with Crippen LogP contribution in [-0.4, -0.2) is 28.3 Å². The van der Waals surface area contributed by atoms with E-state index in [4.69, 9.17) is 0 Å². The summed E-state index contributed by atoms with van der Waals surface area (Å²) in [6.07, 6.45) is -1.51. The Labute approximate surface area is 221 Å². The third-order valence-electron chi connectivity index (χ3n) is 7.11. The molecule has 7 nitrogen and oxygen atoms in total. The van der Waals surface area contributed by atoms with Crippen molar-refractivity contribution < 1.29 is 27.2 Å². The summed E-state index contributed by atoms with van der Waals surface area (Å²) in [5.74, 6) is -1.45. The summed E-state index contributed by atoms with van der Waals surface area (Å²) in [5, 5.41) is 12.4. The Bertz CT molecular complexity index is 1510. The molecule has 3 aromatic rings. The van der Waals surface area contributed by atoms with Crippen molar-refractivity contribution in [1.82, 2.24) is 15.3 Å². The van der Waals surface area contributed by atoms with Gasteiger partial charge in [-0.25, -0.2) is 9.37 Å². The lowest BCUT2D eigenvalue weighted by Gasteiger charge is -2.21. The predicted molar refractivity (Wildman–Crippen MR) is 133 cm³/mol. The molecular formula is C28H23F4N5O2. The molecule has 11 heteroatoms. The van der Waals surface area contributed by atoms with Crippen molar-refractivity contribution in [2.75, 3.05) is 11.4 Å². The van der Waals surface area contributed by atoms with Gasteiger partial charge in [0.25, 0.3) is 5.91 Å². The Hall–Kier alpha value is -4.33. The predicted octanol–water partition coefficient (Wildman–Crippen LogP) is 5.20. The number of nitrogens with one attached hydrogen (secondary N) is 1. The van der Waals surface area contributed by atoms with E-state index in [2.05, 4.69) is 21.4 Å². The van der Waals surface area contributed by atoms with Crippen LogP contribution < -0.4 is 10.2 Å². The first-order valence-corrected chi connectivity index (χ1v) is 12.3. The lowest BCUT2D eigenvalue weighted by atomic mass is 9.83. The highest BCUT2D eigenvalue weighted by atomic mass is 19.4. The number of anilines is 1. The number of benzene rings is 1. The second-order valence-electron chi connectivity index (χ2n) is 9.87. The minimum atomic E-state index is -4.65. The highest BCUT2D eigenvalue weighted by Crippen LogP contribution is 2.52. The average Bonchev–Trinajstić information content (AvgIpc) is 3.69. The molecule has 1 aliphatic carbocycles. The average molecular weight is 538 g/mol. The van der Waals surface area contributed by atoms with E-state index in [0.29, 0.717) is 29.9 Å². The van der Waals surface area contributed by atoms with E-state index < -0.39 is 29.0 Å². The maximum Gasteiger partial charge on any atom is 0.433 e. The monoisotopic (exact) mass is 537 g/mol. The Morgan fingerprint density at radius 3 is 2.64 bits per heavy atom. The molecule has 1 saturated carbocycles. The summed E-state index contributed by atoms with van der Waals surface area (Å²) in [6, 6.07) is 11.3. The first kappa shape index (κ1) is 26.3. The largest absolute Gasteiger partial charge is 0.433 e. The van der Waals surface area contributed by atoms with E-state index in [9.17, 15) is 32.4 Å². The molecule has 1 atom stereocenters. The zero-order valence-electron chi connectivity index (χ0n) is 20.8. The molecule has 0 radical (unpaired) electrons. The second kappa shape index (κ2) is 9.76. The Morgan fingerprint density at radius 1 is 1.18 bits per heavy atom. The number of nitrogens with zero attached hydrogens (tertiary/aromatic N) is 4. The summed E-state index contributed by atoms with van der Waals surface area (Å²) in [5.41, 5.74) is -0.449. The van der Waals surface area contributed by atoms with Crippen molar-refractivity contribution in [3.05, 3.63) is 77.1 Å². The number of amides is 2. The smallest absolute Gasteiger partial charge is 0.347 e. The van der Waals surface area contributed by atoms with Gasteiger partial charge in [-0.05, 0) is 91.3 Å². The van der Waals surface area contributed by atoms with Crippen LogP contribution in [0.4, 0.5) is 23.2 Å². The topological polar surface area (TPSA) is 99.0 Å². The lowest BCUT2D eigenvalue weighted by Crippen LogP contribution is -2.35. The van der Waals surface area contributed by atoms with Crippen LogP contribution in [0.5, 0.6) is 0 Å². The van der Waals surface area contributed by atoms with Gasteiger partial charge in [-0.15, -0.1) is 0 Å². The van der Waals surface area contributed by atoms with E-state index in [-0.39, 0.29) is 35.2 Å². The minimum absolute atomic E-state index is 0.0410. The summed E-state index contributed by atoms with van der Waals surface area (Å²) in [6.45, 7) is 1.93. The van der Waals surface area contributed by atoms with Crippen LogP contribution in [0.15, 0.2) is 48.7 Å². The maximum atomic E-state index is 14.3. The van der Waals surface area contributed by atoms with E-state index in [1.54, 1.807) is 13.0 Å². The molecule has 2 amide bonds. The van der Waals surface area contributed by atoms with Gasteiger partial charge in [-0.3, -0.25) is 14.6 Å². The molecule has 1 N–H and O–H groups in total. The Morgan fingerprint density at radius 2 is 1.95 bits per heavy atom. The van der Waals surface area contributed by atoms with Crippen LogP contribution >= 0.6 is 0 Å². The second-order valence-corrected chi connectivity index (χ2v) is 9.87. The van der Waals surface area contributed by atoms with Crippen LogP contribution in [-0.2, 0) is 17.5 Å². The molecule has 0 unspecified atom stereocenters. The van der Waals surface area contributed by atoms with Crippen LogP contribution in [0.2, 0.25) is 0 Å². The third kappa shape index (κ3) is 5.19. The van der Waals surface area contributed by atoms with Crippen molar-refractivity contribution in [1.29, 1.82) is 5.26 Å². The number of alkyl halides is 3. The first-order chi connectivity index (χ1) is 18.5. The number of hydrogen-bond donors (Lipinski definition) is 1. The normalized spacial score (nSPS) is 19.2. The molecule has 200 valence electrons. The molecule has 2 fully saturated rings. The van der Waals surface area contributed by atoms with Crippen molar-refractivity contribution in [3.63, 3.8) is 0 Å². The van der Waals surface area contributed by atoms with Gasteiger partial charge >= 0.3 is 6.18 Å². The Balaban J connectivity index is 1.33. The number of nitriles is 1. The molecule has 1 aromatic carbocycles. The van der Waals surface area contributed by atoms with Gasteiger partial charge in [-0.1, -0.05) is 0 Å². The van der Waals surface area contributed by atoms with Crippen molar-refractivity contribution >= 4 is 17.5 Å². The van der Waals surface area contributed by atoms with Crippen molar-refractivity contribution in [2.45, 2.75) is 38.9 Å². The van der Waals surface area contributed by atoms with Crippen LogP contribution in [0.3, 0.4) is 0 Å². The van der Waals surface area contributed by atoms with Gasteiger partial charge in [0.15, 0.2) is 0 Å². The molecule has 1 aliphatic heterocycles. The number of pyridine rings is 2. The summed E-state index contributed by atoms with van der Waals surface area (Å²) >= 11 is 0. The summed E-state index contributed by atoms with van der Waals surface area (Å²) in [7, 11) is 0. The standard InChI is InChI=1S/C28H23F4N5O2/c1-16-8-22(37-7-5-27(15-33,26(37)39)20-2-3-20)13-23(36-16)25(38)35-14-17-9-19(11-21(29)10-17)18-4-6-34-24(12-18)28(30,31)32/h4,6,8-13,20H,2-3,5,7,14H2,1H3,(H,35,38)/t27-/m1/s1. The van der Waals surface area contributed by atoms with E-state index in [1.165, 1.54) is 29.2 Å². The number of hydrogen-bond acceptors (Lipinski definition) is 5. The van der Waals surface area contributed by atoms with Crippen LogP contribution in [0, 0.1) is 35.4 Å². The highest BCUT2D eigenvalue weighted by Gasteiger charge is 2.56. The number of aryl methyl sites for hydroxylation is 1. The summed E-state index contributed by atoms with van der Waals surface area (Å²) in [4.78, 5) is 35.2.